The van der Waals surface area contributed by atoms with Crippen molar-refractivity contribution in [3.8, 4) is 0 Å². The van der Waals surface area contributed by atoms with Crippen LogP contribution in [0.5, 0.6) is 0 Å². The van der Waals surface area contributed by atoms with Gasteiger partial charge in [0.1, 0.15) is 5.82 Å². The van der Waals surface area contributed by atoms with Gasteiger partial charge in [0.2, 0.25) is 10.0 Å². The van der Waals surface area contributed by atoms with Gasteiger partial charge in [-0.3, -0.25) is 4.79 Å². The molecule has 0 radical (unpaired) electrons. The molecular weight excluding hydrogens is 519 g/mol. The number of hydrogen-bond donors (Lipinski definition) is 1. The molecule has 1 aliphatic heterocycles. The van der Waals surface area contributed by atoms with Crippen LogP contribution in [0.25, 0.3) is 0 Å². The largest absolute Gasteiger partial charge is 0.348 e. The number of rotatable bonds is 7. The first-order chi connectivity index (χ1) is 17.1. The van der Waals surface area contributed by atoms with Gasteiger partial charge in [-0.1, -0.05) is 55.4 Å². The van der Waals surface area contributed by atoms with Crippen LogP contribution in [0.1, 0.15) is 36.2 Å². The van der Waals surface area contributed by atoms with Crippen LogP contribution in [0.4, 0.5) is 4.39 Å². The van der Waals surface area contributed by atoms with Gasteiger partial charge in [-0.2, -0.15) is 4.31 Å². The van der Waals surface area contributed by atoms with Gasteiger partial charge in [0.15, 0.2) is 0 Å². The molecular formula is C27H28ClFN2O3S2. The molecule has 9 heteroatoms. The van der Waals surface area contributed by atoms with Crippen LogP contribution in [-0.4, -0.2) is 31.7 Å². The van der Waals surface area contributed by atoms with Crippen LogP contribution in [0, 0.1) is 17.7 Å². The first-order valence-electron chi connectivity index (χ1n) is 11.7. The summed E-state index contributed by atoms with van der Waals surface area (Å²) in [5.74, 6) is -0.245. The first kappa shape index (κ1) is 26.7. The predicted molar refractivity (Wildman–Crippen MR) is 141 cm³/mol. The second kappa shape index (κ2) is 11.3. The summed E-state index contributed by atoms with van der Waals surface area (Å²) in [6.45, 7) is 5.20. The Hall–Kier alpha value is -2.39. The Kier molecular flexibility index (Phi) is 8.40. The number of amides is 1. The molecule has 5 nitrogen and oxygen atoms in total. The van der Waals surface area contributed by atoms with Crippen LogP contribution >= 0.6 is 23.4 Å². The topological polar surface area (TPSA) is 66.5 Å². The number of piperidine rings is 1. The second-order valence-corrected chi connectivity index (χ2v) is 12.8. The number of hydrogen-bond acceptors (Lipinski definition) is 4. The van der Waals surface area contributed by atoms with Gasteiger partial charge in [0.25, 0.3) is 5.91 Å². The Morgan fingerprint density at radius 2 is 1.75 bits per heavy atom. The predicted octanol–water partition coefficient (Wildman–Crippen LogP) is 6.23. The summed E-state index contributed by atoms with van der Waals surface area (Å²) in [5.41, 5.74) is 0.982. The van der Waals surface area contributed by atoms with Gasteiger partial charge in [0, 0.05) is 34.4 Å². The van der Waals surface area contributed by atoms with Crippen molar-refractivity contribution in [2.24, 2.45) is 11.8 Å². The minimum Gasteiger partial charge on any atom is -0.348 e. The lowest BCUT2D eigenvalue weighted by Gasteiger charge is -2.34. The standard InChI is InChI=1S/C27H28ClFN2O3S2/c1-18-12-19(2)17-31(16-18)36(33,34)24-10-11-26(35-23-5-3-4-21(28)13-23)25(14-24)27(32)30-15-20-6-8-22(29)9-7-20/h3-11,13-14,18-19H,12,15-17H2,1-2H3,(H,30,32). The smallest absolute Gasteiger partial charge is 0.252 e. The molecule has 1 saturated heterocycles. The zero-order valence-electron chi connectivity index (χ0n) is 20.1. The lowest BCUT2D eigenvalue weighted by molar-refractivity contribution is 0.0947. The molecule has 3 aromatic carbocycles. The molecule has 1 amide bonds. The molecule has 190 valence electrons. The van der Waals surface area contributed by atoms with Gasteiger partial charge in [-0.25, -0.2) is 12.8 Å². The molecule has 1 N–H and O–H groups in total. The zero-order valence-corrected chi connectivity index (χ0v) is 22.5. The molecule has 0 aromatic heterocycles. The molecule has 1 fully saturated rings. The van der Waals surface area contributed by atoms with E-state index < -0.39 is 15.9 Å². The third-order valence-corrected chi connectivity index (χ3v) is 9.19. The highest BCUT2D eigenvalue weighted by molar-refractivity contribution is 7.99. The summed E-state index contributed by atoms with van der Waals surface area (Å²) in [6.07, 6.45) is 0.984. The summed E-state index contributed by atoms with van der Waals surface area (Å²) in [5, 5.41) is 3.40. The van der Waals surface area contributed by atoms with Crippen LogP contribution in [0.3, 0.4) is 0 Å². The fourth-order valence-corrected chi connectivity index (χ4v) is 7.37. The Morgan fingerprint density at radius 1 is 1.06 bits per heavy atom. The summed E-state index contributed by atoms with van der Waals surface area (Å²) in [7, 11) is -3.77. The highest BCUT2D eigenvalue weighted by atomic mass is 35.5. The number of carbonyl (C=O) groups excluding carboxylic acids is 1. The van der Waals surface area contributed by atoms with Gasteiger partial charge in [-0.15, -0.1) is 0 Å². The van der Waals surface area contributed by atoms with Gasteiger partial charge in [0.05, 0.1) is 10.5 Å². The van der Waals surface area contributed by atoms with Crippen molar-refractivity contribution in [3.05, 3.63) is 88.7 Å². The SMILES string of the molecule is CC1CC(C)CN(S(=O)(=O)c2ccc(Sc3cccc(Cl)c3)c(C(=O)NCc3ccc(F)cc3)c2)C1. The maximum absolute atomic E-state index is 13.5. The quantitative estimate of drug-likeness (QED) is 0.381. The molecule has 1 aliphatic rings. The minimum atomic E-state index is -3.77. The van der Waals surface area contributed by atoms with Crippen molar-refractivity contribution >= 4 is 39.3 Å². The third kappa shape index (κ3) is 6.48. The number of nitrogens with one attached hydrogen (secondary N) is 1. The highest BCUT2D eigenvalue weighted by Crippen LogP contribution is 2.34. The zero-order chi connectivity index (χ0) is 25.9. The van der Waals surface area contributed by atoms with Crippen LogP contribution in [0.2, 0.25) is 5.02 Å². The summed E-state index contributed by atoms with van der Waals surface area (Å²) < 4.78 is 41.8. The molecule has 2 unspecified atom stereocenters. The number of carbonyl (C=O) groups is 1. The summed E-state index contributed by atoms with van der Waals surface area (Å²) in [4.78, 5) is 14.8. The Morgan fingerprint density at radius 3 is 2.42 bits per heavy atom. The number of nitrogens with zero attached hydrogens (tertiary/aromatic N) is 1. The van der Waals surface area contributed by atoms with E-state index in [1.165, 1.54) is 34.3 Å². The maximum atomic E-state index is 13.5. The van der Waals surface area contributed by atoms with E-state index in [1.807, 2.05) is 12.1 Å². The molecule has 3 aromatic rings. The molecule has 0 spiro atoms. The molecule has 36 heavy (non-hydrogen) atoms. The van der Waals surface area contributed by atoms with E-state index >= 15 is 0 Å². The van der Waals surface area contributed by atoms with Crippen LogP contribution in [-0.2, 0) is 16.6 Å². The van der Waals surface area contributed by atoms with E-state index in [-0.39, 0.29) is 34.7 Å². The molecule has 0 aliphatic carbocycles. The second-order valence-electron chi connectivity index (χ2n) is 9.29. The van der Waals surface area contributed by atoms with E-state index in [1.54, 1.807) is 36.4 Å². The molecule has 0 bridgehead atoms. The average molecular weight is 547 g/mol. The van der Waals surface area contributed by atoms with E-state index in [2.05, 4.69) is 19.2 Å². The van der Waals surface area contributed by atoms with Crippen molar-refractivity contribution in [2.75, 3.05) is 13.1 Å². The van der Waals surface area contributed by atoms with E-state index in [0.29, 0.717) is 23.0 Å². The van der Waals surface area contributed by atoms with Crippen LogP contribution < -0.4 is 5.32 Å². The Bertz CT molecular complexity index is 1340. The number of sulfonamides is 1. The van der Waals surface area contributed by atoms with Crippen LogP contribution in [0.15, 0.2) is 81.4 Å². The molecule has 1 heterocycles. The Labute approximate surface area is 221 Å². The lowest BCUT2D eigenvalue weighted by atomic mass is 9.94. The van der Waals surface area contributed by atoms with Gasteiger partial charge < -0.3 is 5.32 Å². The van der Waals surface area contributed by atoms with E-state index in [4.69, 9.17) is 11.6 Å². The fourth-order valence-electron chi connectivity index (χ4n) is 4.42. The highest BCUT2D eigenvalue weighted by Gasteiger charge is 2.32. The van der Waals surface area contributed by atoms with Gasteiger partial charge in [-0.05, 0) is 72.4 Å². The molecule has 0 saturated carbocycles. The third-order valence-electron chi connectivity index (χ3n) is 6.06. The van der Waals surface area contributed by atoms with Crippen molar-refractivity contribution < 1.29 is 17.6 Å². The fraction of sp³-hybridized carbons (Fsp3) is 0.296. The van der Waals surface area contributed by atoms with Crippen molar-refractivity contribution in [1.82, 2.24) is 9.62 Å². The Balaban J connectivity index is 1.66. The summed E-state index contributed by atoms with van der Waals surface area (Å²) in [6, 6.07) is 17.8. The molecule has 2 atom stereocenters. The number of halogens is 2. The minimum absolute atomic E-state index is 0.0891. The number of benzene rings is 3. The molecule has 4 rings (SSSR count). The summed E-state index contributed by atoms with van der Waals surface area (Å²) >= 11 is 7.47. The maximum Gasteiger partial charge on any atom is 0.252 e. The first-order valence-corrected chi connectivity index (χ1v) is 14.4. The van der Waals surface area contributed by atoms with E-state index in [9.17, 15) is 17.6 Å². The van der Waals surface area contributed by atoms with Crippen molar-refractivity contribution in [1.29, 1.82) is 0 Å². The normalized spacial score (nSPS) is 18.7. The van der Waals surface area contributed by atoms with Gasteiger partial charge >= 0.3 is 0 Å². The van der Waals surface area contributed by atoms with Crippen molar-refractivity contribution in [3.63, 3.8) is 0 Å². The monoisotopic (exact) mass is 546 g/mol. The van der Waals surface area contributed by atoms with E-state index in [0.717, 1.165) is 16.9 Å². The average Bonchev–Trinajstić information content (AvgIpc) is 2.83. The lowest BCUT2D eigenvalue weighted by Crippen LogP contribution is -2.42. The van der Waals surface area contributed by atoms with Crippen molar-refractivity contribution in [2.45, 2.75) is 41.5 Å².